The number of hydrogen-bond acceptors (Lipinski definition) is 7. The predicted molar refractivity (Wildman–Crippen MR) is 114 cm³/mol. The van der Waals surface area contributed by atoms with Gasteiger partial charge in [-0.1, -0.05) is 5.16 Å². The van der Waals surface area contributed by atoms with Gasteiger partial charge >= 0.3 is 0 Å². The molecule has 0 radical (unpaired) electrons. The van der Waals surface area contributed by atoms with Gasteiger partial charge < -0.3 is 23.6 Å². The number of methoxy groups -OCH3 is 3. The molecule has 2 heterocycles. The van der Waals surface area contributed by atoms with Crippen molar-refractivity contribution in [1.82, 2.24) is 15.0 Å². The Morgan fingerprint density at radius 3 is 2.52 bits per heavy atom. The fraction of sp³-hybridized carbons (Fsp3) is 0.348. The summed E-state index contributed by atoms with van der Waals surface area (Å²) in [6, 6.07) is 12.7. The Bertz CT molecular complexity index is 1050. The zero-order valence-electron chi connectivity index (χ0n) is 17.8. The lowest BCUT2D eigenvalue weighted by molar-refractivity contribution is 0.0783. The van der Waals surface area contributed by atoms with E-state index in [4.69, 9.17) is 18.7 Å². The molecule has 8 nitrogen and oxygen atoms in total. The summed E-state index contributed by atoms with van der Waals surface area (Å²) in [5.41, 5.74) is 1.37. The number of ether oxygens (including phenoxy) is 3. The van der Waals surface area contributed by atoms with Gasteiger partial charge in [0.15, 0.2) is 5.82 Å². The molecule has 1 unspecified atom stereocenters. The molecular formula is C23H25N3O5. The molecule has 162 valence electrons. The zero-order chi connectivity index (χ0) is 21.8. The minimum atomic E-state index is -0.0472. The lowest BCUT2D eigenvalue weighted by Gasteiger charge is -2.18. The third-order valence-electron chi connectivity index (χ3n) is 5.49. The molecule has 31 heavy (non-hydrogen) atoms. The Hall–Kier alpha value is -3.55. The summed E-state index contributed by atoms with van der Waals surface area (Å²) in [7, 11) is 4.76. The third kappa shape index (κ3) is 4.47. The standard InChI is InChI=1S/C23H25N3O5/c1-28-17-6-4-16(5-7-17)22-24-21(25-31-22)12-15-10-11-26(14-15)23(27)19-9-8-18(29-2)13-20(19)30-3/h4-9,13,15H,10-12,14H2,1-3H3. The maximum Gasteiger partial charge on any atom is 0.257 e. The van der Waals surface area contributed by atoms with Crippen LogP contribution in [0.2, 0.25) is 0 Å². The van der Waals surface area contributed by atoms with E-state index in [-0.39, 0.29) is 11.8 Å². The van der Waals surface area contributed by atoms with Crippen LogP contribution in [0.4, 0.5) is 0 Å². The van der Waals surface area contributed by atoms with E-state index < -0.39 is 0 Å². The second-order valence-corrected chi connectivity index (χ2v) is 7.42. The zero-order valence-corrected chi connectivity index (χ0v) is 17.8. The highest BCUT2D eigenvalue weighted by Gasteiger charge is 2.29. The molecule has 8 heteroatoms. The van der Waals surface area contributed by atoms with Gasteiger partial charge in [0.2, 0.25) is 0 Å². The van der Waals surface area contributed by atoms with Gasteiger partial charge in [-0.3, -0.25) is 4.79 Å². The van der Waals surface area contributed by atoms with Gasteiger partial charge in [-0.25, -0.2) is 0 Å². The minimum absolute atomic E-state index is 0.0472. The molecule has 1 fully saturated rings. The lowest BCUT2D eigenvalue weighted by Crippen LogP contribution is -2.29. The summed E-state index contributed by atoms with van der Waals surface area (Å²) in [6.45, 7) is 1.32. The smallest absolute Gasteiger partial charge is 0.257 e. The molecule has 0 aliphatic carbocycles. The summed E-state index contributed by atoms with van der Waals surface area (Å²) >= 11 is 0. The first-order valence-electron chi connectivity index (χ1n) is 10.1. The number of hydrogen-bond donors (Lipinski definition) is 0. The van der Waals surface area contributed by atoms with E-state index in [0.717, 1.165) is 17.7 Å². The van der Waals surface area contributed by atoms with E-state index in [2.05, 4.69) is 10.1 Å². The number of amides is 1. The summed E-state index contributed by atoms with van der Waals surface area (Å²) in [4.78, 5) is 19.4. The fourth-order valence-electron chi connectivity index (χ4n) is 3.78. The van der Waals surface area contributed by atoms with Crippen LogP contribution >= 0.6 is 0 Å². The van der Waals surface area contributed by atoms with Crippen molar-refractivity contribution >= 4 is 5.91 Å². The average Bonchev–Trinajstić information content (AvgIpc) is 3.48. The van der Waals surface area contributed by atoms with Crippen LogP contribution in [0.3, 0.4) is 0 Å². The number of likely N-dealkylation sites (tertiary alicyclic amines) is 1. The lowest BCUT2D eigenvalue weighted by atomic mass is 10.0. The van der Waals surface area contributed by atoms with Crippen molar-refractivity contribution in [1.29, 1.82) is 0 Å². The highest BCUT2D eigenvalue weighted by molar-refractivity contribution is 5.97. The van der Waals surface area contributed by atoms with E-state index in [1.54, 1.807) is 39.5 Å². The molecule has 0 saturated carbocycles. The third-order valence-corrected chi connectivity index (χ3v) is 5.49. The van der Waals surface area contributed by atoms with Crippen LogP contribution in [0.15, 0.2) is 47.0 Å². The van der Waals surface area contributed by atoms with Crippen LogP contribution in [-0.4, -0.2) is 55.4 Å². The van der Waals surface area contributed by atoms with Crippen LogP contribution in [0.1, 0.15) is 22.6 Å². The van der Waals surface area contributed by atoms with Crippen molar-refractivity contribution in [3.63, 3.8) is 0 Å². The molecule has 0 N–H and O–H groups in total. The number of carbonyl (C=O) groups is 1. The summed E-state index contributed by atoms with van der Waals surface area (Å²) in [5.74, 6) is 3.28. The van der Waals surface area contributed by atoms with E-state index in [0.29, 0.717) is 48.3 Å². The first-order valence-corrected chi connectivity index (χ1v) is 10.1. The van der Waals surface area contributed by atoms with E-state index in [1.165, 1.54) is 0 Å². The molecular weight excluding hydrogens is 398 g/mol. The number of nitrogens with zero attached hydrogens (tertiary/aromatic N) is 3. The van der Waals surface area contributed by atoms with Crippen LogP contribution in [0.25, 0.3) is 11.5 Å². The molecule has 3 aromatic rings. The molecule has 1 aromatic heterocycles. The highest BCUT2D eigenvalue weighted by atomic mass is 16.5. The van der Waals surface area contributed by atoms with Gasteiger partial charge in [0.1, 0.15) is 17.2 Å². The van der Waals surface area contributed by atoms with Gasteiger partial charge in [0.05, 0.1) is 26.9 Å². The van der Waals surface area contributed by atoms with E-state index in [1.807, 2.05) is 29.2 Å². The van der Waals surface area contributed by atoms with Crippen LogP contribution < -0.4 is 14.2 Å². The summed E-state index contributed by atoms with van der Waals surface area (Å²) in [5, 5.41) is 4.12. The van der Waals surface area contributed by atoms with Gasteiger partial charge in [0, 0.05) is 31.1 Å². The Balaban J connectivity index is 1.39. The highest BCUT2D eigenvalue weighted by Crippen LogP contribution is 2.29. The Morgan fingerprint density at radius 2 is 1.81 bits per heavy atom. The maximum absolute atomic E-state index is 13.0. The first-order chi connectivity index (χ1) is 15.1. The van der Waals surface area contributed by atoms with Crippen LogP contribution in [0.5, 0.6) is 17.2 Å². The maximum atomic E-state index is 13.0. The second kappa shape index (κ2) is 9.07. The molecule has 2 aromatic carbocycles. The number of aromatic nitrogens is 2. The number of rotatable bonds is 7. The predicted octanol–water partition coefficient (Wildman–Crippen LogP) is 3.47. The van der Waals surface area contributed by atoms with E-state index >= 15 is 0 Å². The van der Waals surface area contributed by atoms with Gasteiger partial charge in [-0.15, -0.1) is 0 Å². The molecule has 1 amide bonds. The van der Waals surface area contributed by atoms with Gasteiger partial charge in [-0.2, -0.15) is 4.98 Å². The molecule has 1 atom stereocenters. The topological polar surface area (TPSA) is 86.9 Å². The SMILES string of the molecule is COc1ccc(-c2nc(CC3CCN(C(=O)c4ccc(OC)cc4OC)C3)no2)cc1. The molecule has 1 saturated heterocycles. The minimum Gasteiger partial charge on any atom is -0.497 e. The van der Waals surface area contributed by atoms with Crippen LogP contribution in [-0.2, 0) is 6.42 Å². The van der Waals surface area contributed by atoms with Crippen LogP contribution in [0, 0.1) is 5.92 Å². The Kier molecular flexibility index (Phi) is 6.06. The van der Waals surface area contributed by atoms with Crippen molar-refractivity contribution < 1.29 is 23.5 Å². The monoisotopic (exact) mass is 423 g/mol. The van der Waals surface area contributed by atoms with Crippen molar-refractivity contribution in [2.45, 2.75) is 12.8 Å². The van der Waals surface area contributed by atoms with E-state index in [9.17, 15) is 4.79 Å². The van der Waals surface area contributed by atoms with Crippen molar-refractivity contribution in [3.8, 4) is 28.7 Å². The molecule has 4 rings (SSSR count). The quantitative estimate of drug-likeness (QED) is 0.575. The summed E-state index contributed by atoms with van der Waals surface area (Å²) in [6.07, 6.45) is 1.54. The van der Waals surface area contributed by atoms with Crippen molar-refractivity contribution in [3.05, 3.63) is 53.9 Å². The average molecular weight is 423 g/mol. The second-order valence-electron chi connectivity index (χ2n) is 7.42. The first kappa shape index (κ1) is 20.7. The Labute approximate surface area is 180 Å². The fourth-order valence-corrected chi connectivity index (χ4v) is 3.78. The number of benzene rings is 2. The summed E-state index contributed by atoms with van der Waals surface area (Å²) < 4.78 is 21.2. The number of carbonyl (C=O) groups excluding carboxylic acids is 1. The van der Waals surface area contributed by atoms with Crippen molar-refractivity contribution in [2.24, 2.45) is 5.92 Å². The normalized spacial score (nSPS) is 15.7. The van der Waals surface area contributed by atoms with Gasteiger partial charge in [0.25, 0.3) is 11.8 Å². The van der Waals surface area contributed by atoms with Crippen molar-refractivity contribution in [2.75, 3.05) is 34.4 Å². The largest absolute Gasteiger partial charge is 0.497 e. The molecule has 0 bridgehead atoms. The molecule has 1 aliphatic heterocycles. The molecule has 1 aliphatic rings. The molecule has 0 spiro atoms. The Morgan fingerprint density at radius 1 is 1.06 bits per heavy atom. The van der Waals surface area contributed by atoms with Gasteiger partial charge in [-0.05, 0) is 48.7 Å².